The number of nitrogens with zero attached hydrogens (tertiary/aromatic N) is 2. The van der Waals surface area contributed by atoms with Crippen LogP contribution in [-0.4, -0.2) is 23.1 Å². The van der Waals surface area contributed by atoms with Gasteiger partial charge in [-0.15, -0.1) is 0 Å². The van der Waals surface area contributed by atoms with Crippen LogP contribution < -0.4 is 5.06 Å². The summed E-state index contributed by atoms with van der Waals surface area (Å²) < 4.78 is 7.26. The van der Waals surface area contributed by atoms with Crippen molar-refractivity contribution >= 4 is 28.5 Å². The minimum Gasteiger partial charge on any atom is -0.462 e. The number of hydrogen-bond acceptors (Lipinski definition) is 4. The van der Waals surface area contributed by atoms with E-state index in [1.807, 2.05) is 79.0 Å². The molecule has 168 valence electrons. The molecule has 0 aliphatic rings. The van der Waals surface area contributed by atoms with E-state index in [0.717, 1.165) is 22.0 Å². The van der Waals surface area contributed by atoms with Crippen LogP contribution in [0.25, 0.3) is 10.9 Å². The average Bonchev–Trinajstić information content (AvgIpc) is 3.22. The Hall–Kier alpha value is -3.90. The lowest BCUT2D eigenvalue weighted by Crippen LogP contribution is -2.28. The molecule has 6 nitrogen and oxygen atoms in total. The van der Waals surface area contributed by atoms with Crippen molar-refractivity contribution in [1.29, 1.82) is 0 Å². The predicted molar refractivity (Wildman–Crippen MR) is 128 cm³/mol. The molecule has 4 aromatic rings. The molecule has 1 aromatic heterocycles. The fourth-order valence-electron chi connectivity index (χ4n) is 3.76. The summed E-state index contributed by atoms with van der Waals surface area (Å²) in [6.45, 7) is 4.43. The number of esters is 1. The van der Waals surface area contributed by atoms with Crippen molar-refractivity contribution in [2.75, 3.05) is 11.7 Å². The Morgan fingerprint density at radius 2 is 1.70 bits per heavy atom. The van der Waals surface area contributed by atoms with E-state index in [9.17, 15) is 9.59 Å². The van der Waals surface area contributed by atoms with Crippen LogP contribution in [-0.2, 0) is 27.5 Å². The predicted octanol–water partition coefficient (Wildman–Crippen LogP) is 5.35. The third-order valence-electron chi connectivity index (χ3n) is 5.33. The van der Waals surface area contributed by atoms with Gasteiger partial charge in [0.1, 0.15) is 6.61 Å². The molecule has 0 aliphatic heterocycles. The number of ether oxygens (including phenoxy) is 1. The SMILES string of the molecule is CCOC(=O)c1ccccc1Cn1ccc2cc(N(OCc3ccccc3)C(C)=O)ccc21. The lowest BCUT2D eigenvalue weighted by atomic mass is 10.1. The van der Waals surface area contributed by atoms with Crippen LogP contribution in [0.15, 0.2) is 85.1 Å². The van der Waals surface area contributed by atoms with Gasteiger partial charge in [0.2, 0.25) is 5.91 Å². The first-order valence-electron chi connectivity index (χ1n) is 10.9. The molecule has 0 bridgehead atoms. The fraction of sp³-hybridized carbons (Fsp3) is 0.185. The molecule has 3 aromatic carbocycles. The van der Waals surface area contributed by atoms with Crippen LogP contribution in [0.5, 0.6) is 0 Å². The van der Waals surface area contributed by atoms with Gasteiger partial charge in [-0.2, -0.15) is 5.06 Å². The summed E-state index contributed by atoms with van der Waals surface area (Å²) in [5.41, 5.74) is 4.08. The van der Waals surface area contributed by atoms with E-state index >= 15 is 0 Å². The third kappa shape index (κ3) is 5.13. The van der Waals surface area contributed by atoms with Crippen molar-refractivity contribution in [2.45, 2.75) is 27.0 Å². The van der Waals surface area contributed by atoms with Crippen LogP contribution in [0.3, 0.4) is 0 Å². The van der Waals surface area contributed by atoms with Gasteiger partial charge in [-0.3, -0.25) is 9.63 Å². The van der Waals surface area contributed by atoms with E-state index in [0.29, 0.717) is 31.0 Å². The summed E-state index contributed by atoms with van der Waals surface area (Å²) in [6, 6.07) is 24.9. The zero-order chi connectivity index (χ0) is 23.2. The van der Waals surface area contributed by atoms with Gasteiger partial charge in [0, 0.05) is 30.6 Å². The second-order valence-corrected chi connectivity index (χ2v) is 7.64. The Morgan fingerprint density at radius 3 is 2.45 bits per heavy atom. The molecule has 4 rings (SSSR count). The van der Waals surface area contributed by atoms with Crippen LogP contribution in [0.4, 0.5) is 5.69 Å². The first kappa shape index (κ1) is 22.3. The summed E-state index contributed by atoms with van der Waals surface area (Å²) >= 11 is 0. The molecule has 0 N–H and O–H groups in total. The molecule has 0 saturated heterocycles. The van der Waals surface area contributed by atoms with Gasteiger partial charge in [-0.25, -0.2) is 4.79 Å². The van der Waals surface area contributed by atoms with E-state index in [1.165, 1.54) is 12.0 Å². The molecule has 0 aliphatic carbocycles. The molecule has 1 heterocycles. The highest BCUT2D eigenvalue weighted by Gasteiger charge is 2.16. The number of hydrogen-bond donors (Lipinski definition) is 0. The third-order valence-corrected chi connectivity index (χ3v) is 5.33. The number of carbonyl (C=O) groups is 2. The molecule has 0 spiro atoms. The van der Waals surface area contributed by atoms with Gasteiger partial charge in [-0.05, 0) is 48.4 Å². The quantitative estimate of drug-likeness (QED) is 0.273. The van der Waals surface area contributed by atoms with E-state index < -0.39 is 0 Å². The fourth-order valence-corrected chi connectivity index (χ4v) is 3.76. The van der Waals surface area contributed by atoms with E-state index in [2.05, 4.69) is 4.57 Å². The van der Waals surface area contributed by atoms with E-state index in [1.54, 1.807) is 13.0 Å². The van der Waals surface area contributed by atoms with E-state index in [-0.39, 0.29) is 11.9 Å². The van der Waals surface area contributed by atoms with Gasteiger partial charge in [0.25, 0.3) is 0 Å². The maximum atomic E-state index is 12.3. The van der Waals surface area contributed by atoms with Gasteiger partial charge < -0.3 is 9.30 Å². The Bertz CT molecular complexity index is 1260. The van der Waals surface area contributed by atoms with Gasteiger partial charge in [0.05, 0.1) is 17.9 Å². The van der Waals surface area contributed by atoms with Crippen LogP contribution >= 0.6 is 0 Å². The van der Waals surface area contributed by atoms with Crippen molar-refractivity contribution in [2.24, 2.45) is 0 Å². The number of hydroxylamine groups is 1. The Balaban J connectivity index is 1.57. The van der Waals surface area contributed by atoms with Gasteiger partial charge in [-0.1, -0.05) is 48.5 Å². The number of carbonyl (C=O) groups excluding carboxylic acids is 2. The summed E-state index contributed by atoms with van der Waals surface area (Å²) in [6.07, 6.45) is 1.97. The van der Waals surface area contributed by atoms with Crippen molar-refractivity contribution in [1.82, 2.24) is 4.57 Å². The van der Waals surface area contributed by atoms with Gasteiger partial charge >= 0.3 is 5.97 Å². The summed E-state index contributed by atoms with van der Waals surface area (Å²) in [5, 5.41) is 2.29. The molecule has 0 fully saturated rings. The largest absolute Gasteiger partial charge is 0.462 e. The standard InChI is InChI=1S/C27H26N2O4/c1-3-32-27(31)25-12-8-7-11-23(25)18-28-16-15-22-17-24(13-14-26(22)28)29(20(2)30)33-19-21-9-5-4-6-10-21/h4-17H,3,18-19H2,1-2H3. The van der Waals surface area contributed by atoms with Crippen molar-refractivity contribution in [3.05, 3.63) is 102 Å². The van der Waals surface area contributed by atoms with Crippen LogP contribution in [0, 0.1) is 0 Å². The highest BCUT2D eigenvalue weighted by molar-refractivity contribution is 5.93. The molecular weight excluding hydrogens is 416 g/mol. The van der Waals surface area contributed by atoms with Crippen molar-refractivity contribution in [3.63, 3.8) is 0 Å². The molecule has 0 unspecified atom stereocenters. The number of fused-ring (bicyclic) bond motifs is 1. The van der Waals surface area contributed by atoms with Crippen LogP contribution in [0.2, 0.25) is 0 Å². The molecule has 1 amide bonds. The van der Waals surface area contributed by atoms with E-state index in [4.69, 9.17) is 9.57 Å². The van der Waals surface area contributed by atoms with Crippen LogP contribution in [0.1, 0.15) is 35.3 Å². The summed E-state index contributed by atoms with van der Waals surface area (Å²) in [5.74, 6) is -0.521. The molecule has 0 saturated carbocycles. The average molecular weight is 443 g/mol. The smallest absolute Gasteiger partial charge is 0.338 e. The molecule has 0 radical (unpaired) electrons. The lowest BCUT2D eigenvalue weighted by Gasteiger charge is -2.20. The zero-order valence-electron chi connectivity index (χ0n) is 18.7. The number of amides is 1. The normalized spacial score (nSPS) is 10.8. The summed E-state index contributed by atoms with van der Waals surface area (Å²) in [7, 11) is 0. The van der Waals surface area contributed by atoms with Crippen molar-refractivity contribution in [3.8, 4) is 0 Å². The Morgan fingerprint density at radius 1 is 0.939 bits per heavy atom. The molecular formula is C27H26N2O4. The zero-order valence-corrected chi connectivity index (χ0v) is 18.7. The second kappa shape index (κ2) is 10.1. The number of benzene rings is 3. The Labute approximate surface area is 192 Å². The van der Waals surface area contributed by atoms with Crippen molar-refractivity contribution < 1.29 is 19.2 Å². The molecule has 33 heavy (non-hydrogen) atoms. The van der Waals surface area contributed by atoms with Gasteiger partial charge in [0.15, 0.2) is 0 Å². The topological polar surface area (TPSA) is 60.8 Å². The number of anilines is 1. The highest BCUT2D eigenvalue weighted by atomic mass is 16.7. The first-order chi connectivity index (χ1) is 16.1. The minimum absolute atomic E-state index is 0.201. The Kier molecular flexibility index (Phi) is 6.86. The maximum absolute atomic E-state index is 12.3. The number of aromatic nitrogens is 1. The molecule has 0 atom stereocenters. The monoisotopic (exact) mass is 442 g/mol. The molecule has 6 heteroatoms. The number of rotatable bonds is 8. The maximum Gasteiger partial charge on any atom is 0.338 e. The first-order valence-corrected chi connectivity index (χ1v) is 10.9. The highest BCUT2D eigenvalue weighted by Crippen LogP contribution is 2.25. The summed E-state index contributed by atoms with van der Waals surface area (Å²) in [4.78, 5) is 30.4. The minimum atomic E-state index is -0.320. The second-order valence-electron chi connectivity index (χ2n) is 7.64. The lowest BCUT2D eigenvalue weighted by molar-refractivity contribution is -0.124.